The zero-order chi connectivity index (χ0) is 10.7. The van der Waals surface area contributed by atoms with Crippen LogP contribution in [0.15, 0.2) is 0 Å². The van der Waals surface area contributed by atoms with E-state index in [-0.39, 0.29) is 0 Å². The number of likely N-dealkylation sites (tertiary alicyclic amines) is 1. The molecule has 2 aliphatic heterocycles. The average molecular weight is 210 g/mol. The lowest BCUT2D eigenvalue weighted by molar-refractivity contribution is -0.145. The van der Waals surface area contributed by atoms with E-state index >= 15 is 0 Å². The number of nitrogens with zero attached hydrogens (tertiary/aromatic N) is 1. The summed E-state index contributed by atoms with van der Waals surface area (Å²) in [5.74, 6) is 0.376. The monoisotopic (exact) mass is 210 g/mol. The predicted octanol–water partition coefficient (Wildman–Crippen LogP) is 1.39. The van der Waals surface area contributed by atoms with E-state index in [2.05, 4.69) is 17.1 Å². The standard InChI is InChI=1S/C12H22N2O/c1-2-3-4-11(15)14-9-12(10-14)5-7-13-8-6-12/h13H,2-10H2,1H3. The largest absolute Gasteiger partial charge is 0.341 e. The highest BCUT2D eigenvalue weighted by Crippen LogP contribution is 2.38. The normalized spacial score (nSPS) is 23.9. The van der Waals surface area contributed by atoms with Crippen LogP contribution in [-0.4, -0.2) is 37.0 Å². The molecule has 0 aromatic carbocycles. The van der Waals surface area contributed by atoms with Crippen LogP contribution in [0.1, 0.15) is 39.0 Å². The number of rotatable bonds is 3. The molecule has 3 nitrogen and oxygen atoms in total. The molecular formula is C12H22N2O. The Morgan fingerprint density at radius 3 is 2.60 bits per heavy atom. The lowest BCUT2D eigenvalue weighted by Gasteiger charge is -2.52. The van der Waals surface area contributed by atoms with Crippen LogP contribution in [-0.2, 0) is 4.79 Å². The van der Waals surface area contributed by atoms with E-state index in [1.54, 1.807) is 0 Å². The molecule has 3 heteroatoms. The third kappa shape index (κ3) is 2.33. The van der Waals surface area contributed by atoms with Crippen LogP contribution in [0.2, 0.25) is 0 Å². The van der Waals surface area contributed by atoms with Crippen LogP contribution in [0.4, 0.5) is 0 Å². The van der Waals surface area contributed by atoms with E-state index in [1.807, 2.05) is 0 Å². The van der Waals surface area contributed by atoms with Gasteiger partial charge in [-0.3, -0.25) is 4.79 Å². The van der Waals surface area contributed by atoms with Gasteiger partial charge in [0.1, 0.15) is 0 Å². The van der Waals surface area contributed by atoms with Crippen molar-refractivity contribution in [3.05, 3.63) is 0 Å². The molecule has 1 N–H and O–H groups in total. The highest BCUT2D eigenvalue weighted by molar-refractivity contribution is 5.77. The Kier molecular flexibility index (Phi) is 3.29. The predicted molar refractivity (Wildman–Crippen MR) is 60.6 cm³/mol. The maximum absolute atomic E-state index is 11.7. The van der Waals surface area contributed by atoms with E-state index in [9.17, 15) is 4.79 Å². The number of amides is 1. The Hall–Kier alpha value is -0.570. The highest BCUT2D eigenvalue weighted by Gasteiger charge is 2.44. The van der Waals surface area contributed by atoms with E-state index in [4.69, 9.17) is 0 Å². The van der Waals surface area contributed by atoms with Gasteiger partial charge in [-0.1, -0.05) is 13.3 Å². The number of piperidine rings is 1. The lowest BCUT2D eigenvalue weighted by Crippen LogP contribution is -2.61. The number of hydrogen-bond acceptors (Lipinski definition) is 2. The molecule has 0 aromatic rings. The van der Waals surface area contributed by atoms with Crippen molar-refractivity contribution in [1.82, 2.24) is 10.2 Å². The molecule has 1 amide bonds. The maximum atomic E-state index is 11.7. The van der Waals surface area contributed by atoms with Crippen molar-refractivity contribution in [2.75, 3.05) is 26.2 Å². The molecule has 86 valence electrons. The molecule has 0 aliphatic carbocycles. The second kappa shape index (κ2) is 4.52. The van der Waals surface area contributed by atoms with Crippen LogP contribution in [0.25, 0.3) is 0 Å². The fraction of sp³-hybridized carbons (Fsp3) is 0.917. The molecule has 0 atom stereocenters. The summed E-state index contributed by atoms with van der Waals surface area (Å²) in [5.41, 5.74) is 0.493. The van der Waals surface area contributed by atoms with E-state index < -0.39 is 0 Å². The molecule has 2 rings (SSSR count). The molecular weight excluding hydrogens is 188 g/mol. The van der Waals surface area contributed by atoms with Crippen molar-refractivity contribution in [2.45, 2.75) is 39.0 Å². The van der Waals surface area contributed by atoms with E-state index in [0.717, 1.165) is 45.4 Å². The minimum absolute atomic E-state index is 0.376. The Bertz CT molecular complexity index is 226. The number of carbonyl (C=O) groups excluding carboxylic acids is 1. The maximum Gasteiger partial charge on any atom is 0.222 e. The summed E-state index contributed by atoms with van der Waals surface area (Å²) in [6.07, 6.45) is 5.43. The molecule has 0 bridgehead atoms. The molecule has 0 saturated carbocycles. The van der Waals surface area contributed by atoms with Crippen molar-refractivity contribution >= 4 is 5.91 Å². The van der Waals surface area contributed by atoms with Crippen molar-refractivity contribution in [3.8, 4) is 0 Å². The van der Waals surface area contributed by atoms with Gasteiger partial charge in [0.15, 0.2) is 0 Å². The SMILES string of the molecule is CCCCC(=O)N1CC2(CCNCC2)C1. The van der Waals surface area contributed by atoms with Gasteiger partial charge < -0.3 is 10.2 Å². The van der Waals surface area contributed by atoms with Gasteiger partial charge in [-0.25, -0.2) is 0 Å². The van der Waals surface area contributed by atoms with Gasteiger partial charge in [0.25, 0.3) is 0 Å². The van der Waals surface area contributed by atoms with Crippen molar-refractivity contribution < 1.29 is 4.79 Å². The number of unbranched alkanes of at least 4 members (excludes halogenated alkanes) is 1. The fourth-order valence-corrected chi connectivity index (χ4v) is 2.70. The van der Waals surface area contributed by atoms with Gasteiger partial charge in [0.05, 0.1) is 0 Å². The van der Waals surface area contributed by atoms with Crippen LogP contribution in [0, 0.1) is 5.41 Å². The summed E-state index contributed by atoms with van der Waals surface area (Å²) in [6.45, 7) is 6.46. The molecule has 2 aliphatic rings. The van der Waals surface area contributed by atoms with E-state index in [1.165, 1.54) is 12.8 Å². The molecule has 0 aromatic heterocycles. The Morgan fingerprint density at radius 1 is 1.33 bits per heavy atom. The highest BCUT2D eigenvalue weighted by atomic mass is 16.2. The molecule has 1 spiro atoms. The van der Waals surface area contributed by atoms with Crippen molar-refractivity contribution in [1.29, 1.82) is 0 Å². The minimum Gasteiger partial charge on any atom is -0.341 e. The van der Waals surface area contributed by atoms with Crippen LogP contribution in [0.3, 0.4) is 0 Å². The average Bonchev–Trinajstić information content (AvgIpc) is 2.23. The Labute approximate surface area is 92.2 Å². The topological polar surface area (TPSA) is 32.3 Å². The minimum atomic E-state index is 0.376. The van der Waals surface area contributed by atoms with Crippen LogP contribution in [0.5, 0.6) is 0 Å². The van der Waals surface area contributed by atoms with E-state index in [0.29, 0.717) is 11.3 Å². The first-order valence-electron chi connectivity index (χ1n) is 6.24. The number of hydrogen-bond donors (Lipinski definition) is 1. The van der Waals surface area contributed by atoms with Gasteiger partial charge in [0, 0.05) is 24.9 Å². The van der Waals surface area contributed by atoms with Gasteiger partial charge in [-0.05, 0) is 32.4 Å². The lowest BCUT2D eigenvalue weighted by atomic mass is 9.72. The second-order valence-electron chi connectivity index (χ2n) is 5.10. The first-order valence-corrected chi connectivity index (χ1v) is 6.24. The zero-order valence-corrected chi connectivity index (χ0v) is 9.72. The van der Waals surface area contributed by atoms with Gasteiger partial charge in [-0.2, -0.15) is 0 Å². The number of nitrogens with one attached hydrogen (secondary N) is 1. The third-order valence-electron chi connectivity index (χ3n) is 3.81. The van der Waals surface area contributed by atoms with Crippen molar-refractivity contribution in [2.24, 2.45) is 5.41 Å². The summed E-state index contributed by atoms with van der Waals surface area (Å²) in [6, 6.07) is 0. The van der Waals surface area contributed by atoms with Gasteiger partial charge >= 0.3 is 0 Å². The van der Waals surface area contributed by atoms with Gasteiger partial charge in [0.2, 0.25) is 5.91 Å². The summed E-state index contributed by atoms with van der Waals surface area (Å²) in [7, 11) is 0. The van der Waals surface area contributed by atoms with Crippen LogP contribution < -0.4 is 5.32 Å². The summed E-state index contributed by atoms with van der Waals surface area (Å²) >= 11 is 0. The van der Waals surface area contributed by atoms with Gasteiger partial charge in [-0.15, -0.1) is 0 Å². The Balaban J connectivity index is 1.74. The summed E-state index contributed by atoms with van der Waals surface area (Å²) in [4.78, 5) is 13.8. The Morgan fingerprint density at radius 2 is 2.00 bits per heavy atom. The zero-order valence-electron chi connectivity index (χ0n) is 9.72. The quantitative estimate of drug-likeness (QED) is 0.763. The fourth-order valence-electron chi connectivity index (χ4n) is 2.70. The summed E-state index contributed by atoms with van der Waals surface area (Å²) in [5, 5.41) is 3.38. The molecule has 2 fully saturated rings. The molecule has 2 heterocycles. The smallest absolute Gasteiger partial charge is 0.222 e. The molecule has 15 heavy (non-hydrogen) atoms. The third-order valence-corrected chi connectivity index (χ3v) is 3.81. The first-order chi connectivity index (χ1) is 7.26. The van der Waals surface area contributed by atoms with Crippen LogP contribution >= 0.6 is 0 Å². The first kappa shape index (κ1) is 10.9. The molecule has 0 radical (unpaired) electrons. The second-order valence-corrected chi connectivity index (χ2v) is 5.10. The molecule has 0 unspecified atom stereocenters. The number of carbonyl (C=O) groups is 1. The molecule has 2 saturated heterocycles. The van der Waals surface area contributed by atoms with Crippen molar-refractivity contribution in [3.63, 3.8) is 0 Å². The summed E-state index contributed by atoms with van der Waals surface area (Å²) < 4.78 is 0.